The summed E-state index contributed by atoms with van der Waals surface area (Å²) in [6.07, 6.45) is 4.20. The summed E-state index contributed by atoms with van der Waals surface area (Å²) in [4.78, 5) is 33.1. The van der Waals surface area contributed by atoms with Crippen LogP contribution in [0.3, 0.4) is 0 Å². The van der Waals surface area contributed by atoms with Crippen LogP contribution in [0.15, 0.2) is 18.2 Å². The zero-order chi connectivity index (χ0) is 22.6. The molecule has 33 heavy (non-hydrogen) atoms. The molecule has 1 saturated carbocycles. The van der Waals surface area contributed by atoms with E-state index in [2.05, 4.69) is 25.9 Å². The molecule has 3 rings (SSSR count). The molecule has 1 fully saturated rings. The lowest BCUT2D eigenvalue weighted by molar-refractivity contribution is -0.115. The molecular weight excluding hydrogens is 470 g/mol. The van der Waals surface area contributed by atoms with Gasteiger partial charge in [-0.25, -0.2) is 14.4 Å². The van der Waals surface area contributed by atoms with Crippen LogP contribution in [-0.4, -0.2) is 46.6 Å². The molecule has 1 aromatic heterocycles. The van der Waals surface area contributed by atoms with E-state index in [0.717, 1.165) is 31.9 Å². The first-order valence-corrected chi connectivity index (χ1v) is 10.5. The molecule has 4 N–H and O–H groups in total. The fraction of sp³-hybridized carbons (Fsp3) is 0.500. The number of anilines is 1. The Hall–Kier alpha value is -2.52. The Morgan fingerprint density at radius 3 is 2.45 bits per heavy atom. The van der Waals surface area contributed by atoms with Gasteiger partial charge < -0.3 is 21.4 Å². The van der Waals surface area contributed by atoms with Crippen LogP contribution < -0.4 is 16.0 Å². The highest BCUT2D eigenvalue weighted by atomic mass is 35.5. The maximum atomic E-state index is 14.0. The zero-order valence-electron chi connectivity index (χ0n) is 18.9. The number of amides is 2. The molecule has 182 valence electrons. The molecule has 2 amide bonds. The Morgan fingerprint density at radius 2 is 1.82 bits per heavy atom. The molecule has 0 unspecified atom stereocenters. The molecular formula is C22H31Cl2FN6O2. The number of rotatable bonds is 6. The molecule has 2 atom stereocenters. The summed E-state index contributed by atoms with van der Waals surface area (Å²) >= 11 is 0. The topological polar surface area (TPSA) is 120 Å². The minimum Gasteiger partial charge on any atom is -0.365 e. The van der Waals surface area contributed by atoms with E-state index in [1.165, 1.54) is 18.2 Å². The number of benzene rings is 1. The van der Waals surface area contributed by atoms with Gasteiger partial charge in [0.25, 0.3) is 11.8 Å². The SMILES string of the molecule is CC(C)(C)CNC(=O)c1nc(N[C@H]2CCCC[C@H]2NC(=O)C=N)c2cc(F)ccc2n1.Cl.Cl. The van der Waals surface area contributed by atoms with Gasteiger partial charge in [0.2, 0.25) is 5.82 Å². The number of fused-ring (bicyclic) bond motifs is 1. The summed E-state index contributed by atoms with van der Waals surface area (Å²) in [5.74, 6) is -0.935. The summed E-state index contributed by atoms with van der Waals surface area (Å²) < 4.78 is 14.0. The van der Waals surface area contributed by atoms with E-state index in [9.17, 15) is 14.0 Å². The Labute approximate surface area is 205 Å². The lowest BCUT2D eigenvalue weighted by atomic mass is 9.90. The third kappa shape index (κ3) is 7.78. The van der Waals surface area contributed by atoms with Crippen molar-refractivity contribution < 1.29 is 14.0 Å². The lowest BCUT2D eigenvalue weighted by Gasteiger charge is -2.33. The summed E-state index contributed by atoms with van der Waals surface area (Å²) in [7, 11) is 0. The maximum absolute atomic E-state index is 14.0. The van der Waals surface area contributed by atoms with Crippen LogP contribution in [0.25, 0.3) is 10.9 Å². The van der Waals surface area contributed by atoms with Crippen molar-refractivity contribution in [3.05, 3.63) is 29.8 Å². The van der Waals surface area contributed by atoms with Gasteiger partial charge in [0.1, 0.15) is 11.6 Å². The number of aromatic nitrogens is 2. The Kier molecular flexibility index (Phi) is 10.4. The van der Waals surface area contributed by atoms with E-state index in [1.54, 1.807) is 0 Å². The van der Waals surface area contributed by atoms with Crippen LogP contribution in [0.1, 0.15) is 57.1 Å². The molecule has 1 aromatic carbocycles. The maximum Gasteiger partial charge on any atom is 0.289 e. The van der Waals surface area contributed by atoms with Gasteiger partial charge in [0.05, 0.1) is 11.7 Å². The summed E-state index contributed by atoms with van der Waals surface area (Å²) in [6.45, 7) is 6.49. The largest absolute Gasteiger partial charge is 0.365 e. The molecule has 0 saturated heterocycles. The predicted octanol–water partition coefficient (Wildman–Crippen LogP) is 3.88. The van der Waals surface area contributed by atoms with Crippen LogP contribution in [-0.2, 0) is 4.79 Å². The fourth-order valence-corrected chi connectivity index (χ4v) is 3.61. The summed E-state index contributed by atoms with van der Waals surface area (Å²) in [5, 5.41) is 16.6. The number of hydrogen-bond acceptors (Lipinski definition) is 6. The van der Waals surface area contributed by atoms with Gasteiger partial charge in [-0.15, -0.1) is 24.8 Å². The van der Waals surface area contributed by atoms with Crippen LogP contribution in [0.4, 0.5) is 10.2 Å². The highest BCUT2D eigenvalue weighted by Gasteiger charge is 2.27. The van der Waals surface area contributed by atoms with Gasteiger partial charge in [-0.2, -0.15) is 0 Å². The molecule has 11 heteroatoms. The van der Waals surface area contributed by atoms with Crippen molar-refractivity contribution in [2.24, 2.45) is 5.41 Å². The van der Waals surface area contributed by atoms with Crippen molar-refractivity contribution in [2.45, 2.75) is 58.5 Å². The second-order valence-electron chi connectivity index (χ2n) is 9.10. The zero-order valence-corrected chi connectivity index (χ0v) is 20.5. The smallest absolute Gasteiger partial charge is 0.289 e. The summed E-state index contributed by atoms with van der Waals surface area (Å²) in [5.41, 5.74) is 0.356. The highest BCUT2D eigenvalue weighted by molar-refractivity contribution is 6.25. The van der Waals surface area contributed by atoms with Gasteiger partial charge in [0, 0.05) is 24.0 Å². The molecule has 1 aliphatic carbocycles. The van der Waals surface area contributed by atoms with Gasteiger partial charge >= 0.3 is 0 Å². The minimum atomic E-state index is -0.459. The van der Waals surface area contributed by atoms with Crippen molar-refractivity contribution in [1.82, 2.24) is 20.6 Å². The number of hydrogen-bond donors (Lipinski definition) is 4. The first kappa shape index (κ1) is 28.5. The van der Waals surface area contributed by atoms with Gasteiger partial charge in [-0.1, -0.05) is 33.6 Å². The van der Waals surface area contributed by atoms with Crippen molar-refractivity contribution in [2.75, 3.05) is 11.9 Å². The highest BCUT2D eigenvalue weighted by Crippen LogP contribution is 2.27. The Morgan fingerprint density at radius 1 is 1.15 bits per heavy atom. The number of nitrogens with one attached hydrogen (secondary N) is 4. The number of nitrogens with zero attached hydrogens (tertiary/aromatic N) is 2. The van der Waals surface area contributed by atoms with Gasteiger partial charge in [-0.3, -0.25) is 9.59 Å². The second kappa shape index (κ2) is 12.1. The van der Waals surface area contributed by atoms with Gasteiger partial charge in [0.15, 0.2) is 0 Å². The van der Waals surface area contributed by atoms with Crippen molar-refractivity contribution in [3.63, 3.8) is 0 Å². The third-order valence-electron chi connectivity index (χ3n) is 5.19. The molecule has 0 spiro atoms. The van der Waals surface area contributed by atoms with E-state index < -0.39 is 17.6 Å². The van der Waals surface area contributed by atoms with E-state index in [-0.39, 0.29) is 48.1 Å². The first-order valence-electron chi connectivity index (χ1n) is 10.5. The third-order valence-corrected chi connectivity index (χ3v) is 5.19. The van der Waals surface area contributed by atoms with E-state index in [1.807, 2.05) is 20.8 Å². The fourth-order valence-electron chi connectivity index (χ4n) is 3.61. The van der Waals surface area contributed by atoms with Gasteiger partial charge in [-0.05, 0) is 36.5 Å². The van der Waals surface area contributed by atoms with E-state index in [0.29, 0.717) is 23.3 Å². The van der Waals surface area contributed by atoms with Crippen molar-refractivity contribution in [1.29, 1.82) is 5.41 Å². The minimum absolute atomic E-state index is 0. The monoisotopic (exact) mass is 500 g/mol. The van der Waals surface area contributed by atoms with E-state index in [4.69, 9.17) is 5.41 Å². The van der Waals surface area contributed by atoms with Crippen LogP contribution in [0.2, 0.25) is 0 Å². The molecule has 0 radical (unpaired) electrons. The molecule has 2 aromatic rings. The van der Waals surface area contributed by atoms with Crippen LogP contribution in [0.5, 0.6) is 0 Å². The first-order chi connectivity index (χ1) is 14.7. The normalized spacial score (nSPS) is 17.8. The average Bonchev–Trinajstić information content (AvgIpc) is 2.72. The van der Waals surface area contributed by atoms with Crippen LogP contribution in [0, 0.1) is 16.6 Å². The lowest BCUT2D eigenvalue weighted by Crippen LogP contribution is -2.49. The number of carbonyl (C=O) groups is 2. The Bertz CT molecular complexity index is 999. The second-order valence-corrected chi connectivity index (χ2v) is 9.10. The molecule has 0 aliphatic heterocycles. The predicted molar refractivity (Wildman–Crippen MR) is 132 cm³/mol. The van der Waals surface area contributed by atoms with E-state index >= 15 is 0 Å². The van der Waals surface area contributed by atoms with Crippen molar-refractivity contribution in [3.8, 4) is 0 Å². The molecule has 0 bridgehead atoms. The van der Waals surface area contributed by atoms with Crippen LogP contribution >= 0.6 is 24.8 Å². The average molecular weight is 501 g/mol. The van der Waals surface area contributed by atoms with Crippen molar-refractivity contribution >= 4 is 59.6 Å². The Balaban J connectivity index is 0.00000272. The standard InChI is InChI=1S/C22H29FN6O2.2ClH/c1-22(2,3)12-25-21(31)20-27-15-9-8-13(23)10-14(15)19(29-20)28-17-7-5-4-6-16(17)26-18(30)11-24;;/h8-11,16-17,24H,4-7,12H2,1-3H3,(H,25,31)(H,26,30)(H,27,28,29);2*1H/t16-,17+;;/m1../s1. The molecule has 1 aliphatic rings. The molecule has 1 heterocycles. The number of carbonyl (C=O) groups excluding carboxylic acids is 2. The molecule has 8 nitrogen and oxygen atoms in total. The number of halogens is 3. The quantitative estimate of drug-likeness (QED) is 0.448. The summed E-state index contributed by atoms with van der Waals surface area (Å²) in [6, 6.07) is 3.79.